The van der Waals surface area contributed by atoms with Gasteiger partial charge in [-0.15, -0.1) is 0 Å². The Hall–Kier alpha value is -1.97. The molecule has 4 nitrogen and oxygen atoms in total. The number of carbonyl (C=O) groups is 2. The Morgan fingerprint density at radius 3 is 2.50 bits per heavy atom. The van der Waals surface area contributed by atoms with Crippen molar-refractivity contribution >= 4 is 17.8 Å². The molecule has 0 radical (unpaired) electrons. The Labute approximate surface area is 145 Å². The molecule has 0 saturated heterocycles. The number of hydrogen-bond acceptors (Lipinski definition) is 3. The van der Waals surface area contributed by atoms with Gasteiger partial charge in [-0.25, -0.2) is 0 Å². The van der Waals surface area contributed by atoms with Crippen molar-refractivity contribution in [1.82, 2.24) is 10.3 Å². The summed E-state index contributed by atoms with van der Waals surface area (Å²) in [5.41, 5.74) is 0.700. The van der Waals surface area contributed by atoms with Gasteiger partial charge in [0.25, 0.3) is 0 Å². The van der Waals surface area contributed by atoms with Crippen LogP contribution >= 0.6 is 0 Å². The molecule has 0 unspecified atom stereocenters. The molecule has 0 aromatic carbocycles. The number of amides is 1. The molecule has 1 N–H and O–H groups in total. The van der Waals surface area contributed by atoms with E-state index >= 15 is 0 Å². The highest BCUT2D eigenvalue weighted by molar-refractivity contribution is 5.91. The van der Waals surface area contributed by atoms with Crippen molar-refractivity contribution in [3.63, 3.8) is 0 Å². The second-order valence-electron chi connectivity index (χ2n) is 7.10. The van der Waals surface area contributed by atoms with Crippen LogP contribution in [-0.4, -0.2) is 23.2 Å². The Bertz CT molecular complexity index is 530. The SMILES string of the molecule is CC(C)(C)C(=O)CCCCCCCNC(=O)/C=C/c1cccnc1. The first-order valence-electron chi connectivity index (χ1n) is 8.79. The average Bonchev–Trinajstić information content (AvgIpc) is 2.55. The van der Waals surface area contributed by atoms with E-state index < -0.39 is 0 Å². The van der Waals surface area contributed by atoms with Crippen molar-refractivity contribution in [2.45, 2.75) is 59.3 Å². The molecule has 4 heteroatoms. The molecule has 0 bridgehead atoms. The van der Waals surface area contributed by atoms with Crippen LogP contribution in [0.4, 0.5) is 0 Å². The van der Waals surface area contributed by atoms with Gasteiger partial charge in [0.05, 0.1) is 0 Å². The summed E-state index contributed by atoms with van der Waals surface area (Å²) in [5.74, 6) is 0.268. The van der Waals surface area contributed by atoms with Gasteiger partial charge in [-0.2, -0.15) is 0 Å². The van der Waals surface area contributed by atoms with Crippen LogP contribution < -0.4 is 5.32 Å². The first kappa shape index (κ1) is 20.1. The fourth-order valence-electron chi connectivity index (χ4n) is 2.23. The number of aromatic nitrogens is 1. The fraction of sp³-hybridized carbons (Fsp3) is 0.550. The zero-order chi connectivity index (χ0) is 17.8. The number of nitrogens with one attached hydrogen (secondary N) is 1. The molecule has 24 heavy (non-hydrogen) atoms. The second-order valence-corrected chi connectivity index (χ2v) is 7.10. The summed E-state index contributed by atoms with van der Waals surface area (Å²) in [6, 6.07) is 3.74. The zero-order valence-electron chi connectivity index (χ0n) is 15.2. The molecule has 1 aromatic rings. The molecular formula is C20H30N2O2. The van der Waals surface area contributed by atoms with Gasteiger partial charge >= 0.3 is 0 Å². The van der Waals surface area contributed by atoms with Crippen LogP contribution in [0.15, 0.2) is 30.6 Å². The van der Waals surface area contributed by atoms with E-state index in [1.54, 1.807) is 18.5 Å². The van der Waals surface area contributed by atoms with Crippen molar-refractivity contribution in [2.75, 3.05) is 6.54 Å². The number of nitrogens with zero attached hydrogens (tertiary/aromatic N) is 1. The van der Waals surface area contributed by atoms with Gasteiger partial charge in [-0.05, 0) is 30.5 Å². The number of Topliss-reactive ketones (excluding diaryl/α,β-unsaturated/α-hetero) is 1. The Morgan fingerprint density at radius 1 is 1.12 bits per heavy atom. The largest absolute Gasteiger partial charge is 0.353 e. The van der Waals surface area contributed by atoms with E-state index in [2.05, 4.69) is 10.3 Å². The van der Waals surface area contributed by atoms with Gasteiger partial charge in [0.2, 0.25) is 5.91 Å². The summed E-state index contributed by atoms with van der Waals surface area (Å²) in [7, 11) is 0. The summed E-state index contributed by atoms with van der Waals surface area (Å²) >= 11 is 0. The number of pyridine rings is 1. The lowest BCUT2D eigenvalue weighted by Gasteiger charge is -2.16. The van der Waals surface area contributed by atoms with E-state index in [9.17, 15) is 9.59 Å². The van der Waals surface area contributed by atoms with Crippen LogP contribution in [0.25, 0.3) is 6.08 Å². The maximum atomic E-state index is 11.8. The van der Waals surface area contributed by atoms with E-state index in [1.807, 2.05) is 32.9 Å². The first-order chi connectivity index (χ1) is 11.4. The van der Waals surface area contributed by atoms with Crippen LogP contribution in [0.2, 0.25) is 0 Å². The molecule has 0 aliphatic rings. The van der Waals surface area contributed by atoms with Crippen LogP contribution in [0.3, 0.4) is 0 Å². The first-order valence-corrected chi connectivity index (χ1v) is 8.79. The van der Waals surface area contributed by atoms with Crippen molar-refractivity contribution in [3.05, 3.63) is 36.2 Å². The molecule has 1 amide bonds. The summed E-state index contributed by atoms with van der Waals surface area (Å²) in [6.45, 7) is 6.61. The van der Waals surface area contributed by atoms with E-state index in [1.165, 1.54) is 6.08 Å². The molecule has 0 fully saturated rings. The minimum absolute atomic E-state index is 0.0744. The van der Waals surface area contributed by atoms with Crippen molar-refractivity contribution in [3.8, 4) is 0 Å². The second kappa shape index (κ2) is 10.7. The molecule has 1 aromatic heterocycles. The van der Waals surface area contributed by atoms with Crippen molar-refractivity contribution in [1.29, 1.82) is 0 Å². The number of hydrogen-bond donors (Lipinski definition) is 1. The van der Waals surface area contributed by atoms with Gasteiger partial charge in [-0.3, -0.25) is 14.6 Å². The highest BCUT2D eigenvalue weighted by atomic mass is 16.1. The molecular weight excluding hydrogens is 300 g/mol. The molecule has 132 valence electrons. The quantitative estimate of drug-likeness (QED) is 0.517. The summed E-state index contributed by atoms with van der Waals surface area (Å²) in [4.78, 5) is 27.4. The topological polar surface area (TPSA) is 59.1 Å². The Morgan fingerprint density at radius 2 is 1.83 bits per heavy atom. The fourth-order valence-corrected chi connectivity index (χ4v) is 2.23. The van der Waals surface area contributed by atoms with E-state index in [0.29, 0.717) is 18.7 Å². The van der Waals surface area contributed by atoms with Crippen LogP contribution in [0.1, 0.15) is 64.9 Å². The van der Waals surface area contributed by atoms with E-state index in [-0.39, 0.29) is 11.3 Å². The van der Waals surface area contributed by atoms with E-state index in [0.717, 1.165) is 37.7 Å². The molecule has 0 spiro atoms. The smallest absolute Gasteiger partial charge is 0.243 e. The van der Waals surface area contributed by atoms with Gasteiger partial charge < -0.3 is 5.32 Å². The van der Waals surface area contributed by atoms with Crippen LogP contribution in [0.5, 0.6) is 0 Å². The standard InChI is InChI=1S/C20H30N2O2/c1-20(2,3)18(23)11-7-5-4-6-8-15-22-19(24)13-12-17-10-9-14-21-16-17/h9-10,12-14,16H,4-8,11,15H2,1-3H3,(H,22,24)/b13-12+. The van der Waals surface area contributed by atoms with Crippen molar-refractivity contribution < 1.29 is 9.59 Å². The molecule has 0 atom stereocenters. The van der Waals surface area contributed by atoms with Crippen LogP contribution in [0, 0.1) is 5.41 Å². The summed E-state index contributed by atoms with van der Waals surface area (Å²) in [5, 5.41) is 2.88. The van der Waals surface area contributed by atoms with Crippen molar-refractivity contribution in [2.24, 2.45) is 5.41 Å². The maximum Gasteiger partial charge on any atom is 0.243 e. The average molecular weight is 330 g/mol. The highest BCUT2D eigenvalue weighted by Crippen LogP contribution is 2.18. The Balaban J connectivity index is 2.01. The predicted octanol–water partition coefficient (Wildman–Crippen LogP) is 4.17. The molecule has 1 heterocycles. The minimum Gasteiger partial charge on any atom is -0.353 e. The third-order valence-corrected chi connectivity index (χ3v) is 3.83. The number of rotatable bonds is 10. The number of carbonyl (C=O) groups excluding carboxylic acids is 2. The third-order valence-electron chi connectivity index (χ3n) is 3.83. The van der Waals surface area contributed by atoms with Gasteiger partial charge in [-0.1, -0.05) is 46.1 Å². The number of unbranched alkanes of at least 4 members (excludes halogenated alkanes) is 4. The van der Waals surface area contributed by atoms with Gasteiger partial charge in [0.15, 0.2) is 0 Å². The predicted molar refractivity (Wildman–Crippen MR) is 98.4 cm³/mol. The number of ketones is 1. The molecule has 1 rings (SSSR count). The van der Waals surface area contributed by atoms with Gasteiger partial charge in [0.1, 0.15) is 5.78 Å². The maximum absolute atomic E-state index is 11.8. The molecule has 0 saturated carbocycles. The minimum atomic E-state index is -0.215. The Kier molecular flexibility index (Phi) is 8.98. The summed E-state index contributed by atoms with van der Waals surface area (Å²) in [6.07, 6.45) is 12.6. The molecule has 0 aliphatic heterocycles. The highest BCUT2D eigenvalue weighted by Gasteiger charge is 2.19. The van der Waals surface area contributed by atoms with Crippen LogP contribution in [-0.2, 0) is 9.59 Å². The lowest BCUT2D eigenvalue weighted by Crippen LogP contribution is -2.22. The molecule has 0 aliphatic carbocycles. The monoisotopic (exact) mass is 330 g/mol. The lowest BCUT2D eigenvalue weighted by atomic mass is 9.88. The third kappa shape index (κ3) is 9.23. The van der Waals surface area contributed by atoms with Gasteiger partial charge in [0, 0.05) is 36.9 Å². The summed E-state index contributed by atoms with van der Waals surface area (Å²) < 4.78 is 0. The zero-order valence-corrected chi connectivity index (χ0v) is 15.2. The normalized spacial score (nSPS) is 11.6. The van der Waals surface area contributed by atoms with E-state index in [4.69, 9.17) is 0 Å². The lowest BCUT2D eigenvalue weighted by molar-refractivity contribution is -0.126.